The van der Waals surface area contributed by atoms with Gasteiger partial charge >= 0.3 is 6.18 Å². The zero-order valence-electron chi connectivity index (χ0n) is 9.74. The molecule has 0 aliphatic carbocycles. The molecule has 6 nitrogen and oxygen atoms in total. The second-order valence-electron chi connectivity index (χ2n) is 3.72. The van der Waals surface area contributed by atoms with Crippen molar-refractivity contribution >= 4 is 34.9 Å². The number of hydrogen-bond donors (Lipinski definition) is 3. The molecule has 0 spiro atoms. The number of rotatable bonds is 2. The van der Waals surface area contributed by atoms with E-state index in [1.807, 2.05) is 0 Å². The van der Waals surface area contributed by atoms with Crippen LogP contribution in [0.3, 0.4) is 0 Å². The summed E-state index contributed by atoms with van der Waals surface area (Å²) in [5, 5.41) is 9.18. The first-order valence-corrected chi connectivity index (χ1v) is 5.54. The molecule has 0 bridgehead atoms. The number of halogens is 4. The molecule has 0 aliphatic rings. The van der Waals surface area contributed by atoms with Gasteiger partial charge in [-0.3, -0.25) is 0 Å². The van der Waals surface area contributed by atoms with Crippen LogP contribution in [0.4, 0.5) is 36.4 Å². The van der Waals surface area contributed by atoms with Gasteiger partial charge in [-0.15, -0.1) is 10.2 Å². The Morgan fingerprint density at radius 2 is 1.80 bits per heavy atom. The summed E-state index contributed by atoms with van der Waals surface area (Å²) in [6, 6.07) is 3.28. The average molecular weight is 305 g/mol. The van der Waals surface area contributed by atoms with Crippen molar-refractivity contribution in [3.8, 4) is 0 Å². The molecule has 1 aromatic carbocycles. The van der Waals surface area contributed by atoms with Crippen LogP contribution in [0.5, 0.6) is 0 Å². The Morgan fingerprint density at radius 3 is 2.40 bits per heavy atom. The summed E-state index contributed by atoms with van der Waals surface area (Å²) in [4.78, 5) is 3.74. The minimum absolute atomic E-state index is 0.0670. The van der Waals surface area contributed by atoms with Crippen molar-refractivity contribution < 1.29 is 13.2 Å². The molecule has 0 unspecified atom stereocenters. The average Bonchev–Trinajstić information content (AvgIpc) is 2.35. The van der Waals surface area contributed by atoms with Crippen molar-refractivity contribution in [1.29, 1.82) is 0 Å². The molecule has 0 amide bonds. The predicted octanol–water partition coefficient (Wildman–Crippen LogP) is 2.45. The predicted molar refractivity (Wildman–Crippen MR) is 68.4 cm³/mol. The molecule has 1 aromatic heterocycles. The molecule has 10 heteroatoms. The van der Waals surface area contributed by atoms with Gasteiger partial charge in [0.25, 0.3) is 0 Å². The maximum atomic E-state index is 12.7. The number of anilines is 4. The van der Waals surface area contributed by atoms with Crippen molar-refractivity contribution in [3.05, 3.63) is 28.8 Å². The van der Waals surface area contributed by atoms with Crippen LogP contribution in [-0.2, 0) is 6.18 Å². The van der Waals surface area contributed by atoms with Crippen molar-refractivity contribution in [2.24, 2.45) is 0 Å². The minimum atomic E-state index is -4.56. The Hall–Kier alpha value is -2.29. The number of hydrogen-bond acceptors (Lipinski definition) is 6. The van der Waals surface area contributed by atoms with E-state index in [-0.39, 0.29) is 23.3 Å². The van der Waals surface area contributed by atoms with Gasteiger partial charge < -0.3 is 16.8 Å². The number of nitrogens with one attached hydrogen (secondary N) is 1. The van der Waals surface area contributed by atoms with Crippen molar-refractivity contribution in [1.82, 2.24) is 15.2 Å². The normalized spacial score (nSPS) is 11.4. The highest BCUT2D eigenvalue weighted by Gasteiger charge is 2.33. The van der Waals surface area contributed by atoms with Crippen LogP contribution in [0, 0.1) is 0 Å². The van der Waals surface area contributed by atoms with Crippen LogP contribution in [0.1, 0.15) is 5.56 Å². The lowest BCUT2D eigenvalue weighted by Gasteiger charge is -2.11. The fourth-order valence-electron chi connectivity index (χ4n) is 1.35. The van der Waals surface area contributed by atoms with E-state index in [1.54, 1.807) is 0 Å². The van der Waals surface area contributed by atoms with Gasteiger partial charge in [0.05, 0.1) is 10.6 Å². The molecule has 106 valence electrons. The summed E-state index contributed by atoms with van der Waals surface area (Å²) < 4.78 is 38.1. The van der Waals surface area contributed by atoms with E-state index >= 15 is 0 Å². The Kier molecular flexibility index (Phi) is 3.53. The standard InChI is InChI=1S/C10H8ClF3N6/c11-6-2-1-4(3-5(6)10(12,13)14)17-9-18-7(15)8(16)19-20-9/h1-3H,(H2,16,19)(H3,15,17,18,20). The highest BCUT2D eigenvalue weighted by Crippen LogP contribution is 2.36. The number of benzene rings is 1. The second kappa shape index (κ2) is 5.00. The molecule has 5 N–H and O–H groups in total. The van der Waals surface area contributed by atoms with E-state index in [4.69, 9.17) is 23.1 Å². The summed E-state index contributed by atoms with van der Waals surface area (Å²) in [6.07, 6.45) is -4.56. The van der Waals surface area contributed by atoms with Crippen LogP contribution in [0.2, 0.25) is 5.02 Å². The van der Waals surface area contributed by atoms with E-state index in [0.717, 1.165) is 12.1 Å². The zero-order valence-corrected chi connectivity index (χ0v) is 10.5. The van der Waals surface area contributed by atoms with Gasteiger partial charge in [-0.1, -0.05) is 11.6 Å². The van der Waals surface area contributed by atoms with Gasteiger partial charge in [-0.2, -0.15) is 18.2 Å². The number of nitrogens with two attached hydrogens (primary N) is 2. The molecular weight excluding hydrogens is 297 g/mol. The van der Waals surface area contributed by atoms with Crippen molar-refractivity contribution in [3.63, 3.8) is 0 Å². The van der Waals surface area contributed by atoms with Crippen LogP contribution >= 0.6 is 11.6 Å². The topological polar surface area (TPSA) is 103 Å². The highest BCUT2D eigenvalue weighted by molar-refractivity contribution is 6.31. The molecule has 0 fully saturated rings. The fourth-order valence-corrected chi connectivity index (χ4v) is 1.57. The maximum absolute atomic E-state index is 12.7. The van der Waals surface area contributed by atoms with Gasteiger partial charge in [0, 0.05) is 5.69 Å². The monoisotopic (exact) mass is 304 g/mol. The van der Waals surface area contributed by atoms with E-state index in [0.29, 0.717) is 0 Å². The number of aromatic nitrogens is 3. The lowest BCUT2D eigenvalue weighted by atomic mass is 10.2. The summed E-state index contributed by atoms with van der Waals surface area (Å²) in [5.41, 5.74) is 9.86. The third kappa shape index (κ3) is 2.99. The molecule has 0 saturated carbocycles. The van der Waals surface area contributed by atoms with Crippen molar-refractivity contribution in [2.75, 3.05) is 16.8 Å². The Labute approximate surface area is 116 Å². The first kappa shape index (κ1) is 14.1. The smallest absolute Gasteiger partial charge is 0.380 e. The van der Waals surface area contributed by atoms with Gasteiger partial charge in [0.2, 0.25) is 5.95 Å². The molecule has 0 atom stereocenters. The van der Waals surface area contributed by atoms with E-state index in [2.05, 4.69) is 20.5 Å². The summed E-state index contributed by atoms with van der Waals surface area (Å²) in [6.45, 7) is 0. The minimum Gasteiger partial charge on any atom is -0.380 e. The maximum Gasteiger partial charge on any atom is 0.417 e. The molecular formula is C10H8ClF3N6. The van der Waals surface area contributed by atoms with Crippen LogP contribution < -0.4 is 16.8 Å². The Balaban J connectivity index is 2.32. The molecule has 2 aromatic rings. The zero-order chi connectivity index (χ0) is 14.9. The number of alkyl halides is 3. The Morgan fingerprint density at radius 1 is 1.10 bits per heavy atom. The first-order chi connectivity index (χ1) is 9.27. The van der Waals surface area contributed by atoms with Gasteiger partial charge in [0.15, 0.2) is 11.6 Å². The van der Waals surface area contributed by atoms with Crippen molar-refractivity contribution in [2.45, 2.75) is 6.18 Å². The molecule has 0 radical (unpaired) electrons. The third-order valence-electron chi connectivity index (χ3n) is 2.27. The fraction of sp³-hybridized carbons (Fsp3) is 0.100. The van der Waals surface area contributed by atoms with Crippen LogP contribution in [-0.4, -0.2) is 15.2 Å². The molecule has 2 rings (SSSR count). The van der Waals surface area contributed by atoms with E-state index in [1.165, 1.54) is 6.07 Å². The SMILES string of the molecule is Nc1nnc(Nc2ccc(Cl)c(C(F)(F)F)c2)nc1N. The lowest BCUT2D eigenvalue weighted by Crippen LogP contribution is -2.08. The van der Waals surface area contributed by atoms with E-state index < -0.39 is 16.8 Å². The quantitative estimate of drug-likeness (QED) is 0.787. The Bertz CT molecular complexity index is 645. The molecule has 1 heterocycles. The molecule has 0 aliphatic heterocycles. The summed E-state index contributed by atoms with van der Waals surface area (Å²) >= 11 is 5.50. The first-order valence-electron chi connectivity index (χ1n) is 5.17. The van der Waals surface area contributed by atoms with Crippen LogP contribution in [0.25, 0.3) is 0 Å². The van der Waals surface area contributed by atoms with Gasteiger partial charge in [-0.05, 0) is 18.2 Å². The van der Waals surface area contributed by atoms with E-state index in [9.17, 15) is 13.2 Å². The van der Waals surface area contributed by atoms with Gasteiger partial charge in [-0.25, -0.2) is 0 Å². The largest absolute Gasteiger partial charge is 0.417 e. The van der Waals surface area contributed by atoms with Crippen LogP contribution in [0.15, 0.2) is 18.2 Å². The second-order valence-corrected chi connectivity index (χ2v) is 4.13. The lowest BCUT2D eigenvalue weighted by molar-refractivity contribution is -0.137. The van der Waals surface area contributed by atoms with Gasteiger partial charge in [0.1, 0.15) is 0 Å². The molecule has 20 heavy (non-hydrogen) atoms. The number of nitrogens with zero attached hydrogens (tertiary/aromatic N) is 3. The molecule has 0 saturated heterocycles. The number of nitrogen functional groups attached to an aromatic ring is 2. The summed E-state index contributed by atoms with van der Waals surface area (Å²) in [7, 11) is 0. The summed E-state index contributed by atoms with van der Waals surface area (Å²) in [5.74, 6) is -0.220. The third-order valence-corrected chi connectivity index (χ3v) is 2.60. The highest BCUT2D eigenvalue weighted by atomic mass is 35.5.